The zero-order chi connectivity index (χ0) is 15.0. The van der Waals surface area contributed by atoms with Gasteiger partial charge < -0.3 is 15.4 Å². The molecule has 5 nitrogen and oxygen atoms in total. The standard InChI is InChI=1S/C13H16Cl2N2O3/c1-2-20-8-4-7-16-12(18)13(19)17-10-6-3-5-9(14)11(10)15/h3,5-6H,2,4,7-8H2,1H3,(H,16,18)(H,17,19). The van der Waals surface area contributed by atoms with Crippen LogP contribution in [0.15, 0.2) is 18.2 Å². The molecule has 0 aliphatic rings. The lowest BCUT2D eigenvalue weighted by Crippen LogP contribution is -2.36. The van der Waals surface area contributed by atoms with Crippen LogP contribution in [0.4, 0.5) is 5.69 Å². The van der Waals surface area contributed by atoms with E-state index in [4.69, 9.17) is 27.9 Å². The van der Waals surface area contributed by atoms with E-state index in [1.807, 2.05) is 6.92 Å². The van der Waals surface area contributed by atoms with Gasteiger partial charge in [0.15, 0.2) is 0 Å². The topological polar surface area (TPSA) is 67.4 Å². The first-order chi connectivity index (χ1) is 9.56. The maximum Gasteiger partial charge on any atom is 0.313 e. The number of carbonyl (C=O) groups excluding carboxylic acids is 2. The molecule has 2 amide bonds. The van der Waals surface area contributed by atoms with Crippen molar-refractivity contribution in [3.8, 4) is 0 Å². The van der Waals surface area contributed by atoms with Gasteiger partial charge in [0.05, 0.1) is 15.7 Å². The summed E-state index contributed by atoms with van der Waals surface area (Å²) in [4.78, 5) is 23.2. The Hall–Kier alpha value is -1.30. The monoisotopic (exact) mass is 318 g/mol. The van der Waals surface area contributed by atoms with Gasteiger partial charge in [-0.2, -0.15) is 0 Å². The quantitative estimate of drug-likeness (QED) is 0.625. The van der Waals surface area contributed by atoms with Crippen molar-refractivity contribution < 1.29 is 14.3 Å². The molecule has 0 aromatic heterocycles. The van der Waals surface area contributed by atoms with Gasteiger partial charge in [0.2, 0.25) is 0 Å². The second-order valence-corrected chi connectivity index (χ2v) is 4.65. The number of halogens is 2. The SMILES string of the molecule is CCOCCCNC(=O)C(=O)Nc1cccc(Cl)c1Cl. The molecule has 0 heterocycles. The molecule has 20 heavy (non-hydrogen) atoms. The molecule has 0 aliphatic carbocycles. The Morgan fingerprint density at radius 2 is 2.00 bits per heavy atom. The first kappa shape index (κ1) is 16.8. The average molecular weight is 319 g/mol. The second kappa shape index (κ2) is 8.79. The van der Waals surface area contributed by atoms with Crippen molar-refractivity contribution in [2.45, 2.75) is 13.3 Å². The lowest BCUT2D eigenvalue weighted by atomic mass is 10.3. The molecule has 1 rings (SSSR count). The summed E-state index contributed by atoms with van der Waals surface area (Å²) in [5.41, 5.74) is 0.300. The molecular weight excluding hydrogens is 303 g/mol. The molecule has 0 bridgehead atoms. The summed E-state index contributed by atoms with van der Waals surface area (Å²) >= 11 is 11.7. The zero-order valence-corrected chi connectivity index (χ0v) is 12.6. The number of hydrogen-bond donors (Lipinski definition) is 2. The van der Waals surface area contributed by atoms with Gasteiger partial charge in [0.25, 0.3) is 0 Å². The van der Waals surface area contributed by atoms with Crippen LogP contribution in [-0.4, -0.2) is 31.6 Å². The summed E-state index contributed by atoms with van der Waals surface area (Å²) in [6.45, 7) is 3.43. The van der Waals surface area contributed by atoms with Crippen LogP contribution in [0.1, 0.15) is 13.3 Å². The second-order valence-electron chi connectivity index (χ2n) is 3.86. The van der Waals surface area contributed by atoms with Crippen LogP contribution in [-0.2, 0) is 14.3 Å². The van der Waals surface area contributed by atoms with Crippen LogP contribution in [0, 0.1) is 0 Å². The van der Waals surface area contributed by atoms with Crippen molar-refractivity contribution >= 4 is 40.7 Å². The third kappa shape index (κ3) is 5.36. The van der Waals surface area contributed by atoms with Gasteiger partial charge in [-0.1, -0.05) is 29.3 Å². The van der Waals surface area contributed by atoms with Gasteiger partial charge in [-0.3, -0.25) is 9.59 Å². The highest BCUT2D eigenvalue weighted by molar-refractivity contribution is 6.45. The summed E-state index contributed by atoms with van der Waals surface area (Å²) in [6.07, 6.45) is 0.644. The summed E-state index contributed by atoms with van der Waals surface area (Å²) in [5, 5.41) is 5.40. The highest BCUT2D eigenvalue weighted by Gasteiger charge is 2.15. The molecule has 2 N–H and O–H groups in total. The van der Waals surface area contributed by atoms with E-state index in [0.717, 1.165) is 0 Å². The molecule has 0 atom stereocenters. The van der Waals surface area contributed by atoms with Gasteiger partial charge in [-0.05, 0) is 25.5 Å². The minimum Gasteiger partial charge on any atom is -0.382 e. The number of nitrogens with one attached hydrogen (secondary N) is 2. The Labute approximate surface area is 127 Å². The molecule has 0 radical (unpaired) electrons. The molecule has 7 heteroatoms. The summed E-state index contributed by atoms with van der Waals surface area (Å²) in [6, 6.07) is 4.78. The van der Waals surface area contributed by atoms with Crippen LogP contribution in [0.5, 0.6) is 0 Å². The van der Waals surface area contributed by atoms with E-state index in [1.54, 1.807) is 18.2 Å². The molecule has 0 aliphatic heterocycles. The highest BCUT2D eigenvalue weighted by atomic mass is 35.5. The number of ether oxygens (including phenoxy) is 1. The third-order valence-electron chi connectivity index (χ3n) is 2.36. The van der Waals surface area contributed by atoms with Crippen LogP contribution in [0.2, 0.25) is 10.0 Å². The minimum atomic E-state index is -0.787. The van der Waals surface area contributed by atoms with Crippen molar-refractivity contribution in [2.75, 3.05) is 25.1 Å². The fourth-order valence-electron chi connectivity index (χ4n) is 1.38. The van der Waals surface area contributed by atoms with Crippen molar-refractivity contribution in [3.63, 3.8) is 0 Å². The van der Waals surface area contributed by atoms with Crippen molar-refractivity contribution in [2.24, 2.45) is 0 Å². The minimum absolute atomic E-state index is 0.201. The van der Waals surface area contributed by atoms with Crippen LogP contribution >= 0.6 is 23.2 Å². The normalized spacial score (nSPS) is 10.2. The molecule has 0 saturated carbocycles. The zero-order valence-electron chi connectivity index (χ0n) is 11.0. The van der Waals surface area contributed by atoms with E-state index in [0.29, 0.717) is 36.9 Å². The summed E-state index contributed by atoms with van der Waals surface area (Å²) in [5.74, 6) is -1.51. The summed E-state index contributed by atoms with van der Waals surface area (Å²) < 4.78 is 5.12. The number of benzene rings is 1. The van der Waals surface area contributed by atoms with E-state index in [1.165, 1.54) is 0 Å². The highest BCUT2D eigenvalue weighted by Crippen LogP contribution is 2.29. The van der Waals surface area contributed by atoms with Gasteiger partial charge >= 0.3 is 11.8 Å². The molecular formula is C13H16Cl2N2O3. The van der Waals surface area contributed by atoms with Crippen LogP contribution in [0.25, 0.3) is 0 Å². The van der Waals surface area contributed by atoms with Crippen molar-refractivity contribution in [3.05, 3.63) is 28.2 Å². The average Bonchev–Trinajstić information content (AvgIpc) is 2.43. The molecule has 1 aromatic rings. The molecule has 0 saturated heterocycles. The van der Waals surface area contributed by atoms with Crippen LogP contribution in [0.3, 0.4) is 0 Å². The molecule has 110 valence electrons. The van der Waals surface area contributed by atoms with Gasteiger partial charge in [0.1, 0.15) is 0 Å². The van der Waals surface area contributed by atoms with Gasteiger partial charge in [-0.25, -0.2) is 0 Å². The first-order valence-corrected chi connectivity index (χ1v) is 6.92. The number of hydrogen-bond acceptors (Lipinski definition) is 3. The molecule has 1 aromatic carbocycles. The van der Waals surface area contributed by atoms with E-state index >= 15 is 0 Å². The number of amides is 2. The number of anilines is 1. The van der Waals surface area contributed by atoms with E-state index in [9.17, 15) is 9.59 Å². The Morgan fingerprint density at radius 1 is 1.25 bits per heavy atom. The predicted octanol–water partition coefficient (Wildman–Crippen LogP) is 2.47. The van der Waals surface area contributed by atoms with Crippen molar-refractivity contribution in [1.82, 2.24) is 5.32 Å². The van der Waals surface area contributed by atoms with E-state index < -0.39 is 11.8 Å². The number of rotatable bonds is 6. The maximum absolute atomic E-state index is 11.6. The van der Waals surface area contributed by atoms with Crippen LogP contribution < -0.4 is 10.6 Å². The fraction of sp³-hybridized carbons (Fsp3) is 0.385. The lowest BCUT2D eigenvalue weighted by molar-refractivity contribution is -0.136. The van der Waals surface area contributed by atoms with Gasteiger partial charge in [0, 0.05) is 19.8 Å². The van der Waals surface area contributed by atoms with Gasteiger partial charge in [-0.15, -0.1) is 0 Å². The maximum atomic E-state index is 11.6. The van der Waals surface area contributed by atoms with E-state index in [2.05, 4.69) is 10.6 Å². The Morgan fingerprint density at radius 3 is 2.70 bits per heavy atom. The fourth-order valence-corrected chi connectivity index (χ4v) is 1.73. The van der Waals surface area contributed by atoms with Crippen molar-refractivity contribution in [1.29, 1.82) is 0 Å². The molecule has 0 fully saturated rings. The molecule has 0 spiro atoms. The number of carbonyl (C=O) groups is 2. The molecule has 0 unspecified atom stereocenters. The smallest absolute Gasteiger partial charge is 0.313 e. The Balaban J connectivity index is 2.42. The predicted molar refractivity (Wildman–Crippen MR) is 79.2 cm³/mol. The first-order valence-electron chi connectivity index (χ1n) is 6.17. The van der Waals surface area contributed by atoms with E-state index in [-0.39, 0.29) is 5.02 Å². The lowest BCUT2D eigenvalue weighted by Gasteiger charge is -2.08. The third-order valence-corrected chi connectivity index (χ3v) is 3.18. The Kier molecular flexibility index (Phi) is 7.36. The summed E-state index contributed by atoms with van der Waals surface area (Å²) in [7, 11) is 0. The largest absolute Gasteiger partial charge is 0.382 e. The Bertz CT molecular complexity index is 481.